The molecule has 6 nitrogen and oxygen atoms in total. The molecule has 8 heteroatoms. The van der Waals surface area contributed by atoms with Crippen molar-refractivity contribution in [2.45, 2.75) is 32.2 Å². The number of likely N-dealkylation sites (tertiary alicyclic amines) is 1. The second-order valence-corrected chi connectivity index (χ2v) is 8.76. The van der Waals surface area contributed by atoms with Gasteiger partial charge in [0.25, 0.3) is 0 Å². The Labute approximate surface area is 201 Å². The average molecular weight is 544 g/mol. The Bertz CT molecular complexity index is 762. The number of aliphatic hydroxyl groups is 1. The number of aliphatic hydroxyl groups excluding tert-OH is 1. The SMILES string of the molecule is CN=C(NCC1CCN(Cc2csc(C)n2)CC1)NCC(CO)c1ccccc1.I. The number of rotatable bonds is 8. The van der Waals surface area contributed by atoms with Crippen molar-refractivity contribution in [3.05, 3.63) is 52.0 Å². The number of nitrogens with zero attached hydrogens (tertiary/aromatic N) is 3. The molecule has 0 spiro atoms. The highest BCUT2D eigenvalue weighted by molar-refractivity contribution is 14.0. The van der Waals surface area contributed by atoms with Crippen LogP contribution in [0.5, 0.6) is 0 Å². The maximum Gasteiger partial charge on any atom is 0.191 e. The normalized spacial score (nSPS) is 16.7. The number of piperidine rings is 1. The van der Waals surface area contributed by atoms with E-state index >= 15 is 0 Å². The van der Waals surface area contributed by atoms with Crippen LogP contribution in [0.15, 0.2) is 40.7 Å². The number of nitrogens with one attached hydrogen (secondary N) is 2. The molecule has 166 valence electrons. The molecule has 30 heavy (non-hydrogen) atoms. The van der Waals surface area contributed by atoms with Crippen molar-refractivity contribution >= 4 is 41.3 Å². The standard InChI is InChI=1S/C22H33N5OS.HI/c1-17-26-21(16-29-17)14-27-10-8-18(9-11-27)12-24-22(23-2)25-13-20(15-28)19-6-4-3-5-7-19;/h3-7,16,18,20,28H,8-15H2,1-2H3,(H2,23,24,25);1H. The van der Waals surface area contributed by atoms with Gasteiger partial charge in [0, 0.05) is 38.0 Å². The number of benzene rings is 1. The van der Waals surface area contributed by atoms with Gasteiger partial charge in [-0.05, 0) is 44.3 Å². The van der Waals surface area contributed by atoms with Gasteiger partial charge in [-0.3, -0.25) is 9.89 Å². The van der Waals surface area contributed by atoms with Crippen molar-refractivity contribution in [2.24, 2.45) is 10.9 Å². The zero-order valence-electron chi connectivity index (χ0n) is 17.9. The summed E-state index contributed by atoms with van der Waals surface area (Å²) in [5.74, 6) is 1.52. The van der Waals surface area contributed by atoms with Crippen molar-refractivity contribution in [2.75, 3.05) is 39.8 Å². The first-order valence-electron chi connectivity index (χ1n) is 10.4. The number of aryl methyl sites for hydroxylation is 1. The molecule has 1 aliphatic rings. The van der Waals surface area contributed by atoms with Crippen molar-refractivity contribution in [3.63, 3.8) is 0 Å². The van der Waals surface area contributed by atoms with Crippen LogP contribution in [0.3, 0.4) is 0 Å². The summed E-state index contributed by atoms with van der Waals surface area (Å²) >= 11 is 1.73. The third-order valence-corrected chi connectivity index (χ3v) is 6.37. The van der Waals surface area contributed by atoms with E-state index in [0.29, 0.717) is 12.5 Å². The van der Waals surface area contributed by atoms with E-state index in [-0.39, 0.29) is 36.5 Å². The zero-order valence-corrected chi connectivity index (χ0v) is 21.0. The number of aromatic nitrogens is 1. The van der Waals surface area contributed by atoms with Crippen molar-refractivity contribution in [1.82, 2.24) is 20.5 Å². The summed E-state index contributed by atoms with van der Waals surface area (Å²) < 4.78 is 0. The van der Waals surface area contributed by atoms with Crippen LogP contribution in [0.4, 0.5) is 0 Å². The molecule has 1 aromatic carbocycles. The van der Waals surface area contributed by atoms with Crippen molar-refractivity contribution in [3.8, 4) is 0 Å². The maximum atomic E-state index is 9.72. The second kappa shape index (κ2) is 13.2. The van der Waals surface area contributed by atoms with Crippen LogP contribution >= 0.6 is 35.3 Å². The van der Waals surface area contributed by atoms with Gasteiger partial charge in [0.2, 0.25) is 0 Å². The summed E-state index contributed by atoms with van der Waals surface area (Å²) in [5, 5.41) is 19.9. The van der Waals surface area contributed by atoms with Gasteiger partial charge >= 0.3 is 0 Å². The first-order chi connectivity index (χ1) is 14.2. The van der Waals surface area contributed by atoms with E-state index in [1.54, 1.807) is 18.4 Å². The van der Waals surface area contributed by atoms with Crippen LogP contribution in [-0.4, -0.2) is 60.8 Å². The van der Waals surface area contributed by atoms with Crippen LogP contribution in [0.2, 0.25) is 0 Å². The molecular formula is C22H34IN5OS. The number of halogens is 1. The summed E-state index contributed by atoms with van der Waals surface area (Å²) in [6, 6.07) is 10.1. The third-order valence-electron chi connectivity index (χ3n) is 5.55. The van der Waals surface area contributed by atoms with Crippen molar-refractivity contribution < 1.29 is 5.11 Å². The van der Waals surface area contributed by atoms with E-state index in [4.69, 9.17) is 0 Å². The Morgan fingerprint density at radius 2 is 2.00 bits per heavy atom. The van der Waals surface area contributed by atoms with Crippen LogP contribution in [0.25, 0.3) is 0 Å². The molecule has 1 unspecified atom stereocenters. The molecule has 2 heterocycles. The van der Waals surface area contributed by atoms with Crippen LogP contribution in [-0.2, 0) is 6.54 Å². The topological polar surface area (TPSA) is 72.8 Å². The van der Waals surface area contributed by atoms with E-state index in [1.165, 1.54) is 18.5 Å². The first-order valence-corrected chi connectivity index (χ1v) is 11.3. The number of guanidine groups is 1. The highest BCUT2D eigenvalue weighted by Gasteiger charge is 2.20. The lowest BCUT2D eigenvalue weighted by Gasteiger charge is -2.31. The van der Waals surface area contributed by atoms with E-state index in [2.05, 4.69) is 49.9 Å². The highest BCUT2D eigenvalue weighted by Crippen LogP contribution is 2.19. The highest BCUT2D eigenvalue weighted by atomic mass is 127. The lowest BCUT2D eigenvalue weighted by Crippen LogP contribution is -2.44. The van der Waals surface area contributed by atoms with Gasteiger partial charge in [-0.15, -0.1) is 35.3 Å². The van der Waals surface area contributed by atoms with Gasteiger partial charge in [0.15, 0.2) is 5.96 Å². The molecule has 0 radical (unpaired) electrons. The lowest BCUT2D eigenvalue weighted by atomic mass is 9.97. The average Bonchev–Trinajstić information content (AvgIpc) is 3.17. The second-order valence-electron chi connectivity index (χ2n) is 7.70. The van der Waals surface area contributed by atoms with E-state index in [0.717, 1.165) is 42.7 Å². The van der Waals surface area contributed by atoms with Crippen LogP contribution in [0, 0.1) is 12.8 Å². The predicted molar refractivity (Wildman–Crippen MR) is 136 cm³/mol. The van der Waals surface area contributed by atoms with E-state index in [9.17, 15) is 5.11 Å². The minimum Gasteiger partial charge on any atom is -0.396 e. The first kappa shape index (κ1) is 25.0. The summed E-state index contributed by atoms with van der Waals surface area (Å²) in [6.07, 6.45) is 2.38. The molecule has 0 aliphatic carbocycles. The number of aliphatic imine (C=N–C) groups is 1. The Hall–Kier alpha value is -1.23. The predicted octanol–water partition coefficient (Wildman–Crippen LogP) is 3.22. The molecule has 0 amide bonds. The molecule has 2 aromatic rings. The van der Waals surface area contributed by atoms with E-state index in [1.807, 2.05) is 18.2 Å². The molecule has 1 fully saturated rings. The molecule has 1 atom stereocenters. The van der Waals surface area contributed by atoms with Gasteiger partial charge in [-0.25, -0.2) is 4.98 Å². The van der Waals surface area contributed by atoms with Gasteiger partial charge in [-0.2, -0.15) is 0 Å². The molecule has 1 aliphatic heterocycles. The quantitative estimate of drug-likeness (QED) is 0.271. The van der Waals surface area contributed by atoms with Gasteiger partial charge in [0.05, 0.1) is 17.3 Å². The largest absolute Gasteiger partial charge is 0.396 e. The van der Waals surface area contributed by atoms with Crippen LogP contribution < -0.4 is 10.6 Å². The number of hydrogen-bond acceptors (Lipinski definition) is 5. The third kappa shape index (κ3) is 7.79. The number of hydrogen-bond donors (Lipinski definition) is 3. The summed E-state index contributed by atoms with van der Waals surface area (Å²) in [7, 11) is 1.80. The molecule has 3 rings (SSSR count). The fraction of sp³-hybridized carbons (Fsp3) is 0.545. The van der Waals surface area contributed by atoms with Gasteiger partial charge in [0.1, 0.15) is 0 Å². The minimum absolute atomic E-state index is 0. The Morgan fingerprint density at radius 1 is 1.27 bits per heavy atom. The van der Waals surface area contributed by atoms with E-state index < -0.39 is 0 Å². The molecule has 0 saturated carbocycles. The molecule has 1 saturated heterocycles. The molecule has 3 N–H and O–H groups in total. The molecule has 1 aromatic heterocycles. The van der Waals surface area contributed by atoms with Gasteiger partial charge in [-0.1, -0.05) is 30.3 Å². The van der Waals surface area contributed by atoms with Gasteiger partial charge < -0.3 is 15.7 Å². The number of thiazole rings is 1. The monoisotopic (exact) mass is 543 g/mol. The Kier molecular flexibility index (Phi) is 11.0. The fourth-order valence-electron chi connectivity index (χ4n) is 3.75. The summed E-state index contributed by atoms with van der Waals surface area (Å²) in [5.41, 5.74) is 2.34. The van der Waals surface area contributed by atoms with Crippen molar-refractivity contribution in [1.29, 1.82) is 0 Å². The smallest absolute Gasteiger partial charge is 0.191 e. The zero-order chi connectivity index (χ0) is 20.5. The lowest BCUT2D eigenvalue weighted by molar-refractivity contribution is 0.176. The molecule has 0 bridgehead atoms. The Balaban J connectivity index is 0.00000320. The fourth-order valence-corrected chi connectivity index (χ4v) is 4.36. The Morgan fingerprint density at radius 3 is 2.60 bits per heavy atom. The summed E-state index contributed by atoms with van der Waals surface area (Å²) in [6.45, 7) is 6.98. The summed E-state index contributed by atoms with van der Waals surface area (Å²) in [4.78, 5) is 11.4. The van der Waals surface area contributed by atoms with Crippen LogP contribution in [0.1, 0.15) is 35.0 Å². The molecular weight excluding hydrogens is 509 g/mol. The minimum atomic E-state index is 0. The maximum absolute atomic E-state index is 9.72.